The molecule has 0 aromatic rings. The second-order valence-corrected chi connectivity index (χ2v) is 2.54. The van der Waals surface area contributed by atoms with E-state index < -0.39 is 6.10 Å². The molecule has 0 heterocycles. The molecule has 0 saturated heterocycles. The lowest BCUT2D eigenvalue weighted by molar-refractivity contribution is 0.0330. The summed E-state index contributed by atoms with van der Waals surface area (Å²) in [7, 11) is 0. The first-order valence-electron chi connectivity index (χ1n) is 4.28. The zero-order chi connectivity index (χ0) is 10.8. The molecule has 2 N–H and O–H groups in total. The number of aliphatic hydroxyl groups excluding tert-OH is 2. The monoisotopic (exact) mass is 196 g/mol. The van der Waals surface area contributed by atoms with Crippen molar-refractivity contribution in [3.63, 3.8) is 0 Å². The summed E-state index contributed by atoms with van der Waals surface area (Å²) >= 11 is 0. The highest BCUT2D eigenvalue weighted by Gasteiger charge is 2.01. The van der Waals surface area contributed by atoms with Crippen LogP contribution in [-0.4, -0.2) is 29.5 Å². The van der Waals surface area contributed by atoms with Gasteiger partial charge in [0.05, 0.1) is 6.61 Å². The van der Waals surface area contributed by atoms with Crippen LogP contribution in [0.1, 0.15) is 0 Å². The standard InChI is InChI=1S/C11H16O3/c1-3-5-6-7-11(4-2)14-9-10(13)8-12/h3-7,10,12-13H,1-2,8-9H2/b6-5-,11-7+. The summed E-state index contributed by atoms with van der Waals surface area (Å²) in [4.78, 5) is 0. The minimum absolute atomic E-state index is 0.0519. The van der Waals surface area contributed by atoms with Crippen molar-refractivity contribution >= 4 is 0 Å². The Labute approximate surface area is 84.3 Å². The largest absolute Gasteiger partial charge is 0.491 e. The van der Waals surface area contributed by atoms with Gasteiger partial charge in [-0.1, -0.05) is 31.4 Å². The number of hydrogen-bond acceptors (Lipinski definition) is 3. The lowest BCUT2D eigenvalue weighted by Gasteiger charge is -2.09. The third-order valence-corrected chi connectivity index (χ3v) is 1.36. The van der Waals surface area contributed by atoms with Crippen molar-refractivity contribution in [2.45, 2.75) is 6.10 Å². The van der Waals surface area contributed by atoms with E-state index in [0.29, 0.717) is 5.76 Å². The molecule has 0 aliphatic rings. The van der Waals surface area contributed by atoms with E-state index in [1.807, 2.05) is 0 Å². The second-order valence-electron chi connectivity index (χ2n) is 2.54. The van der Waals surface area contributed by atoms with E-state index in [-0.39, 0.29) is 13.2 Å². The quantitative estimate of drug-likeness (QED) is 0.474. The number of hydrogen-bond donors (Lipinski definition) is 2. The maximum Gasteiger partial charge on any atom is 0.118 e. The van der Waals surface area contributed by atoms with E-state index in [2.05, 4.69) is 13.2 Å². The molecule has 1 unspecified atom stereocenters. The maximum atomic E-state index is 9.00. The van der Waals surface area contributed by atoms with E-state index in [9.17, 15) is 0 Å². The summed E-state index contributed by atoms with van der Waals surface area (Å²) in [5.41, 5.74) is 0. The lowest BCUT2D eigenvalue weighted by atomic mass is 10.3. The molecule has 0 bridgehead atoms. The Balaban J connectivity index is 4.02. The van der Waals surface area contributed by atoms with Crippen molar-refractivity contribution in [3.05, 3.63) is 49.3 Å². The molecule has 0 saturated carbocycles. The average Bonchev–Trinajstić information content (AvgIpc) is 2.22. The minimum Gasteiger partial charge on any atom is -0.491 e. The Morgan fingerprint density at radius 1 is 1.36 bits per heavy atom. The predicted octanol–water partition coefficient (Wildman–Crippen LogP) is 1.17. The van der Waals surface area contributed by atoms with E-state index >= 15 is 0 Å². The fourth-order valence-electron chi connectivity index (χ4n) is 0.649. The van der Waals surface area contributed by atoms with Crippen LogP contribution in [0.5, 0.6) is 0 Å². The molecule has 0 aliphatic heterocycles. The average molecular weight is 196 g/mol. The lowest BCUT2D eigenvalue weighted by Crippen LogP contribution is -2.18. The maximum absolute atomic E-state index is 9.00. The Morgan fingerprint density at radius 2 is 2.07 bits per heavy atom. The summed E-state index contributed by atoms with van der Waals surface area (Å²) in [6, 6.07) is 0. The van der Waals surface area contributed by atoms with Gasteiger partial charge >= 0.3 is 0 Å². The van der Waals surface area contributed by atoms with Gasteiger partial charge in [0.2, 0.25) is 0 Å². The van der Waals surface area contributed by atoms with E-state index in [1.165, 1.54) is 6.08 Å². The Kier molecular flexibility index (Phi) is 7.50. The number of ether oxygens (including phenoxy) is 1. The summed E-state index contributed by atoms with van der Waals surface area (Å²) in [5, 5.41) is 17.5. The molecule has 78 valence electrons. The fraction of sp³-hybridized carbons (Fsp3) is 0.273. The molecule has 0 amide bonds. The predicted molar refractivity (Wildman–Crippen MR) is 56.7 cm³/mol. The van der Waals surface area contributed by atoms with Crippen LogP contribution in [-0.2, 0) is 4.74 Å². The Bertz CT molecular complexity index is 229. The van der Waals surface area contributed by atoms with Gasteiger partial charge < -0.3 is 14.9 Å². The topological polar surface area (TPSA) is 49.7 Å². The van der Waals surface area contributed by atoms with E-state index in [4.69, 9.17) is 14.9 Å². The van der Waals surface area contributed by atoms with Gasteiger partial charge in [-0.2, -0.15) is 0 Å². The molecule has 0 fully saturated rings. The highest BCUT2D eigenvalue weighted by Crippen LogP contribution is 2.00. The molecule has 0 aromatic carbocycles. The number of allylic oxidation sites excluding steroid dienone is 5. The van der Waals surface area contributed by atoms with Gasteiger partial charge in [0.15, 0.2) is 0 Å². The van der Waals surface area contributed by atoms with Crippen molar-refractivity contribution in [2.75, 3.05) is 13.2 Å². The van der Waals surface area contributed by atoms with Crippen LogP contribution in [0, 0.1) is 0 Å². The molecular weight excluding hydrogens is 180 g/mol. The third kappa shape index (κ3) is 6.22. The minimum atomic E-state index is -0.860. The summed E-state index contributed by atoms with van der Waals surface area (Å²) < 4.78 is 5.14. The number of aliphatic hydroxyl groups is 2. The van der Waals surface area contributed by atoms with Gasteiger partial charge in [-0.15, -0.1) is 0 Å². The van der Waals surface area contributed by atoms with Crippen LogP contribution >= 0.6 is 0 Å². The van der Waals surface area contributed by atoms with Crippen LogP contribution in [0.25, 0.3) is 0 Å². The van der Waals surface area contributed by atoms with Gasteiger partial charge in [-0.25, -0.2) is 0 Å². The number of rotatable bonds is 7. The molecule has 14 heavy (non-hydrogen) atoms. The van der Waals surface area contributed by atoms with Gasteiger partial charge in [-0.3, -0.25) is 0 Å². The molecular formula is C11H16O3. The normalized spacial score (nSPS) is 14.0. The molecule has 0 aliphatic carbocycles. The smallest absolute Gasteiger partial charge is 0.118 e. The summed E-state index contributed by atoms with van der Waals surface area (Å²) in [6.45, 7) is 6.80. The molecule has 3 nitrogen and oxygen atoms in total. The molecule has 3 heteroatoms. The molecule has 0 rings (SSSR count). The second kappa shape index (κ2) is 8.29. The zero-order valence-electron chi connectivity index (χ0n) is 8.10. The van der Waals surface area contributed by atoms with Crippen LogP contribution in [0.2, 0.25) is 0 Å². The highest BCUT2D eigenvalue weighted by atomic mass is 16.5. The summed E-state index contributed by atoms with van der Waals surface area (Å²) in [6.07, 6.45) is 7.49. The van der Waals surface area contributed by atoms with Crippen molar-refractivity contribution in [1.82, 2.24) is 0 Å². The highest BCUT2D eigenvalue weighted by molar-refractivity contribution is 5.18. The Hall–Kier alpha value is -1.32. The van der Waals surface area contributed by atoms with E-state index in [0.717, 1.165) is 0 Å². The molecule has 0 aromatic heterocycles. The van der Waals surface area contributed by atoms with Crippen LogP contribution in [0.15, 0.2) is 49.3 Å². The van der Waals surface area contributed by atoms with Crippen LogP contribution < -0.4 is 0 Å². The summed E-state index contributed by atoms with van der Waals surface area (Å²) in [5.74, 6) is 0.538. The first-order chi connectivity index (χ1) is 6.74. The van der Waals surface area contributed by atoms with Crippen molar-refractivity contribution in [2.24, 2.45) is 0 Å². The molecule has 1 atom stereocenters. The van der Waals surface area contributed by atoms with Crippen molar-refractivity contribution in [3.8, 4) is 0 Å². The fourth-order valence-corrected chi connectivity index (χ4v) is 0.649. The van der Waals surface area contributed by atoms with Crippen LogP contribution in [0.4, 0.5) is 0 Å². The zero-order valence-corrected chi connectivity index (χ0v) is 8.10. The van der Waals surface area contributed by atoms with Crippen molar-refractivity contribution in [1.29, 1.82) is 0 Å². The SMILES string of the molecule is C=C/C=C\C=C(/C=C)OCC(O)CO. The van der Waals surface area contributed by atoms with Gasteiger partial charge in [0.25, 0.3) is 0 Å². The third-order valence-electron chi connectivity index (χ3n) is 1.36. The van der Waals surface area contributed by atoms with E-state index in [1.54, 1.807) is 24.3 Å². The first kappa shape index (κ1) is 12.7. The van der Waals surface area contributed by atoms with Gasteiger partial charge in [0, 0.05) is 0 Å². The Morgan fingerprint density at radius 3 is 2.57 bits per heavy atom. The van der Waals surface area contributed by atoms with Gasteiger partial charge in [0.1, 0.15) is 18.5 Å². The molecule has 0 radical (unpaired) electrons. The van der Waals surface area contributed by atoms with Gasteiger partial charge in [-0.05, 0) is 12.2 Å². The van der Waals surface area contributed by atoms with Crippen molar-refractivity contribution < 1.29 is 14.9 Å². The first-order valence-corrected chi connectivity index (χ1v) is 4.28. The molecule has 0 spiro atoms. The van der Waals surface area contributed by atoms with Crippen LogP contribution in [0.3, 0.4) is 0 Å².